The summed E-state index contributed by atoms with van der Waals surface area (Å²) in [6.45, 7) is 4.34. The van der Waals surface area contributed by atoms with Crippen LogP contribution in [0.5, 0.6) is 0 Å². The number of hydrogen-bond acceptors (Lipinski definition) is 4. The Balaban J connectivity index is 0.845. The first-order valence-electron chi connectivity index (χ1n) is 26.7. The molecule has 0 radical (unpaired) electrons. The van der Waals surface area contributed by atoms with Crippen LogP contribution < -0.4 is 20.4 Å². The number of anilines is 10. The highest BCUT2D eigenvalue weighted by Crippen LogP contribution is 2.46. The number of nitrogens with one attached hydrogen (secondary N) is 2. The molecule has 78 heavy (non-hydrogen) atoms. The van der Waals surface area contributed by atoms with Crippen LogP contribution in [0.4, 0.5) is 56.9 Å². The van der Waals surface area contributed by atoms with Gasteiger partial charge >= 0.3 is 0 Å². The Morgan fingerprint density at radius 2 is 0.590 bits per heavy atom. The van der Waals surface area contributed by atoms with Gasteiger partial charge < -0.3 is 20.4 Å². The van der Waals surface area contributed by atoms with Crippen molar-refractivity contribution in [3.8, 4) is 55.6 Å². The van der Waals surface area contributed by atoms with Crippen LogP contribution in [0.15, 0.2) is 303 Å². The summed E-state index contributed by atoms with van der Waals surface area (Å²) >= 11 is 0. The topological polar surface area (TPSA) is 30.5 Å². The molecule has 4 nitrogen and oxygen atoms in total. The number of para-hydroxylation sites is 2. The van der Waals surface area contributed by atoms with Crippen LogP contribution in [0.3, 0.4) is 0 Å². The Labute approximate surface area is 458 Å². The van der Waals surface area contributed by atoms with Gasteiger partial charge in [-0.05, 0) is 190 Å². The lowest BCUT2D eigenvalue weighted by molar-refractivity contribution is 1.28. The number of benzene rings is 12. The molecule has 0 heterocycles. The zero-order valence-corrected chi connectivity index (χ0v) is 43.8. The highest BCUT2D eigenvalue weighted by molar-refractivity contribution is 6.01. The Morgan fingerprint density at radius 3 is 1.05 bits per heavy atom. The third kappa shape index (κ3) is 10.4. The van der Waals surface area contributed by atoms with Gasteiger partial charge in [-0.25, -0.2) is 0 Å². The summed E-state index contributed by atoms with van der Waals surface area (Å²) in [4.78, 5) is 4.65. The fraction of sp³-hybridized carbons (Fsp3) is 0.0270. The predicted octanol–water partition coefficient (Wildman–Crippen LogP) is 21.1. The maximum absolute atomic E-state index is 3.89. The third-order valence-electron chi connectivity index (χ3n) is 14.5. The zero-order valence-electron chi connectivity index (χ0n) is 43.8. The smallest absolute Gasteiger partial charge is 0.0470 e. The van der Waals surface area contributed by atoms with Crippen LogP contribution in [0.2, 0.25) is 0 Å². The van der Waals surface area contributed by atoms with E-state index in [0.717, 1.165) is 90.3 Å². The van der Waals surface area contributed by atoms with Gasteiger partial charge in [0, 0.05) is 62.4 Å². The van der Waals surface area contributed by atoms with Gasteiger partial charge in [0.05, 0.1) is 0 Å². The van der Waals surface area contributed by atoms with Crippen molar-refractivity contribution < 1.29 is 0 Å². The minimum absolute atomic E-state index is 0.993. The molecule has 12 aromatic carbocycles. The molecule has 0 spiro atoms. The van der Waals surface area contributed by atoms with E-state index in [0.29, 0.717) is 0 Å². The van der Waals surface area contributed by atoms with Crippen LogP contribution in [0.25, 0.3) is 55.6 Å². The average molecular weight is 1000 g/mol. The Hall–Kier alpha value is -10.2. The lowest BCUT2D eigenvalue weighted by Crippen LogP contribution is -2.10. The van der Waals surface area contributed by atoms with Crippen LogP contribution in [-0.4, -0.2) is 0 Å². The van der Waals surface area contributed by atoms with Gasteiger partial charge in [0.1, 0.15) is 0 Å². The number of aryl methyl sites for hydroxylation is 2. The highest BCUT2D eigenvalue weighted by atomic mass is 15.1. The quantitative estimate of drug-likeness (QED) is 0.107. The minimum atomic E-state index is 0.993. The second-order valence-electron chi connectivity index (χ2n) is 19.6. The zero-order chi connectivity index (χ0) is 52.6. The largest absolute Gasteiger partial charge is 0.356 e. The van der Waals surface area contributed by atoms with E-state index in [1.54, 1.807) is 0 Å². The molecule has 0 bridgehead atoms. The molecule has 0 aliphatic carbocycles. The molecule has 0 saturated carbocycles. The van der Waals surface area contributed by atoms with E-state index >= 15 is 0 Å². The van der Waals surface area contributed by atoms with E-state index in [-0.39, 0.29) is 0 Å². The summed E-state index contributed by atoms with van der Waals surface area (Å²) < 4.78 is 0. The van der Waals surface area contributed by atoms with Crippen molar-refractivity contribution in [1.29, 1.82) is 0 Å². The second-order valence-corrected chi connectivity index (χ2v) is 19.6. The van der Waals surface area contributed by atoms with E-state index in [1.807, 2.05) is 0 Å². The van der Waals surface area contributed by atoms with Crippen molar-refractivity contribution in [1.82, 2.24) is 0 Å². The lowest BCUT2D eigenvalue weighted by Gasteiger charge is -2.26. The molecule has 0 aliphatic rings. The number of hydrogen-bond donors (Lipinski definition) is 2. The van der Waals surface area contributed by atoms with E-state index in [2.05, 4.69) is 338 Å². The molecule has 0 atom stereocenters. The summed E-state index contributed by atoms with van der Waals surface area (Å²) in [7, 11) is 0. The monoisotopic (exact) mass is 1000 g/mol. The highest BCUT2D eigenvalue weighted by Gasteiger charge is 2.20. The fourth-order valence-corrected chi connectivity index (χ4v) is 10.7. The molecule has 4 heteroatoms. The van der Waals surface area contributed by atoms with Crippen molar-refractivity contribution in [2.75, 3.05) is 20.4 Å². The average Bonchev–Trinajstić information content (AvgIpc) is 3.61. The molecule has 12 aromatic rings. The SMILES string of the molecule is Cc1ccccc1-c1cccc(N(c2ccccc2)c2ccc(Nc3ccc(-c4ccc(Nc5ccc(N(c6ccccc6)c6cccc(-c7ccccc7C)c6)cc5)c(-c5ccccc5)c4-c4ccccc4)cc3)cc2)c1. The van der Waals surface area contributed by atoms with Crippen LogP contribution >= 0.6 is 0 Å². The Morgan fingerprint density at radius 1 is 0.231 bits per heavy atom. The first kappa shape index (κ1) is 48.8. The molecule has 374 valence electrons. The molecule has 0 unspecified atom stereocenters. The summed E-state index contributed by atoms with van der Waals surface area (Å²) in [5.41, 5.74) is 24.8. The first-order valence-corrected chi connectivity index (χ1v) is 26.7. The van der Waals surface area contributed by atoms with Crippen molar-refractivity contribution in [3.05, 3.63) is 314 Å². The molecule has 0 saturated heterocycles. The Bertz CT molecular complexity index is 3950. The molecule has 0 aromatic heterocycles. The maximum atomic E-state index is 3.89. The molecule has 2 N–H and O–H groups in total. The number of nitrogens with zero attached hydrogens (tertiary/aromatic N) is 2. The number of rotatable bonds is 15. The normalized spacial score (nSPS) is 10.9. The van der Waals surface area contributed by atoms with Crippen LogP contribution in [0, 0.1) is 13.8 Å². The molecule has 0 amide bonds. The van der Waals surface area contributed by atoms with Gasteiger partial charge in [0.25, 0.3) is 0 Å². The van der Waals surface area contributed by atoms with E-state index in [1.165, 1.54) is 33.4 Å². The van der Waals surface area contributed by atoms with Crippen molar-refractivity contribution in [3.63, 3.8) is 0 Å². The maximum Gasteiger partial charge on any atom is 0.0470 e. The van der Waals surface area contributed by atoms with E-state index in [4.69, 9.17) is 0 Å². The van der Waals surface area contributed by atoms with Gasteiger partial charge in [-0.2, -0.15) is 0 Å². The molecule has 0 aliphatic heterocycles. The molecular weight excluding hydrogens is 945 g/mol. The van der Waals surface area contributed by atoms with Crippen LogP contribution in [0.1, 0.15) is 11.1 Å². The summed E-state index contributed by atoms with van der Waals surface area (Å²) in [5.74, 6) is 0. The van der Waals surface area contributed by atoms with Crippen molar-refractivity contribution in [2.45, 2.75) is 13.8 Å². The van der Waals surface area contributed by atoms with Gasteiger partial charge in [-0.1, -0.05) is 188 Å². The molecule has 0 fully saturated rings. The minimum Gasteiger partial charge on any atom is -0.356 e. The molecule has 12 rings (SSSR count). The van der Waals surface area contributed by atoms with Gasteiger partial charge in [-0.3, -0.25) is 0 Å². The first-order chi connectivity index (χ1) is 38.5. The molecular formula is C74H58N4. The standard InChI is InChI=1S/C74H58N4/c1-53-21-15-17-35-69(53)58-27-19-33-67(51-58)77(63-29-11-5-12-30-63)65-45-41-61(42-46-65)75-60-39-37-55(38-40-60)71-49-50-72(74(57-25-9-4-10-26-57)73(71)56-23-7-3-8-24-56)76-62-43-47-66(48-44-62)78(64-31-13-6-14-32-64)68-34-20-28-59(52-68)70-36-18-16-22-54(70)2/h3-52,75-76H,1-2H3. The Kier molecular flexibility index (Phi) is 14.0. The van der Waals surface area contributed by atoms with Gasteiger partial charge in [0.15, 0.2) is 0 Å². The summed E-state index contributed by atoms with van der Waals surface area (Å²) in [6, 6.07) is 108. The van der Waals surface area contributed by atoms with Crippen molar-refractivity contribution in [2.24, 2.45) is 0 Å². The summed E-state index contributed by atoms with van der Waals surface area (Å²) in [5, 5.41) is 7.58. The second kappa shape index (κ2) is 22.4. The lowest BCUT2D eigenvalue weighted by atomic mass is 9.86. The van der Waals surface area contributed by atoms with Crippen LogP contribution in [-0.2, 0) is 0 Å². The summed E-state index contributed by atoms with van der Waals surface area (Å²) in [6.07, 6.45) is 0. The van der Waals surface area contributed by atoms with Crippen molar-refractivity contribution >= 4 is 56.9 Å². The van der Waals surface area contributed by atoms with Gasteiger partial charge in [0.2, 0.25) is 0 Å². The predicted molar refractivity (Wildman–Crippen MR) is 332 cm³/mol. The van der Waals surface area contributed by atoms with E-state index in [9.17, 15) is 0 Å². The third-order valence-corrected chi connectivity index (χ3v) is 14.5. The van der Waals surface area contributed by atoms with E-state index < -0.39 is 0 Å². The van der Waals surface area contributed by atoms with Gasteiger partial charge in [-0.15, -0.1) is 0 Å². The fourth-order valence-electron chi connectivity index (χ4n) is 10.7.